The average molecular weight is 230 g/mol. The van der Waals surface area contributed by atoms with E-state index in [2.05, 4.69) is 9.97 Å². The molecule has 1 aromatic heterocycles. The van der Waals surface area contributed by atoms with E-state index in [-0.39, 0.29) is 5.88 Å². The number of carbonyl (C=O) groups is 1. The summed E-state index contributed by atoms with van der Waals surface area (Å²) in [4.78, 5) is 19.1. The first-order valence-corrected chi connectivity index (χ1v) is 4.98. The number of rotatable bonds is 3. The van der Waals surface area contributed by atoms with Crippen LogP contribution >= 0.6 is 0 Å². The Morgan fingerprint density at radius 1 is 1.24 bits per heavy atom. The summed E-state index contributed by atoms with van der Waals surface area (Å²) in [7, 11) is 0. The van der Waals surface area contributed by atoms with Gasteiger partial charge in [0.15, 0.2) is 6.10 Å². The predicted octanol–water partition coefficient (Wildman–Crippen LogP) is 1.12. The number of aliphatic hydroxyl groups excluding tert-OH is 1. The first kappa shape index (κ1) is 11.2. The summed E-state index contributed by atoms with van der Waals surface area (Å²) in [5.74, 6) is -0.718. The Labute approximate surface area is 97.7 Å². The molecule has 5 heteroatoms. The Hall–Kier alpha value is -2.27. The third-order valence-electron chi connectivity index (χ3n) is 2.08. The largest absolute Gasteiger partial charge is 0.404 e. The molecule has 0 spiro atoms. The summed E-state index contributed by atoms with van der Waals surface area (Å²) in [5, 5.41) is 9.73. The summed E-state index contributed by atoms with van der Waals surface area (Å²) in [5.41, 5.74) is 0.474. The molecular weight excluding hydrogens is 220 g/mol. The maximum atomic E-state index is 11.6. The first-order valence-electron chi connectivity index (χ1n) is 4.98. The van der Waals surface area contributed by atoms with E-state index < -0.39 is 12.1 Å². The molecule has 1 N–H and O–H groups in total. The summed E-state index contributed by atoms with van der Waals surface area (Å²) < 4.78 is 4.87. The van der Waals surface area contributed by atoms with E-state index >= 15 is 0 Å². The topological polar surface area (TPSA) is 72.3 Å². The minimum absolute atomic E-state index is 0.0625. The highest BCUT2D eigenvalue weighted by Gasteiger charge is 2.19. The van der Waals surface area contributed by atoms with Crippen molar-refractivity contribution >= 4 is 5.97 Å². The molecule has 2 rings (SSSR count). The molecule has 2 aromatic rings. The third kappa shape index (κ3) is 2.85. The van der Waals surface area contributed by atoms with Crippen LogP contribution in [0.3, 0.4) is 0 Å². The smallest absolute Gasteiger partial charge is 0.346 e. The molecule has 0 fully saturated rings. The Morgan fingerprint density at radius 3 is 2.65 bits per heavy atom. The van der Waals surface area contributed by atoms with Crippen LogP contribution in [0.2, 0.25) is 0 Å². The van der Waals surface area contributed by atoms with Crippen LogP contribution in [0.1, 0.15) is 11.7 Å². The average Bonchev–Trinajstić information content (AvgIpc) is 2.40. The number of nitrogens with zero attached hydrogens (tertiary/aromatic N) is 2. The van der Waals surface area contributed by atoms with Gasteiger partial charge in [0.2, 0.25) is 5.88 Å². The Morgan fingerprint density at radius 2 is 2.00 bits per heavy atom. The van der Waals surface area contributed by atoms with Gasteiger partial charge in [0.05, 0.1) is 6.20 Å². The second kappa shape index (κ2) is 5.18. The second-order valence-corrected chi connectivity index (χ2v) is 3.28. The minimum atomic E-state index is -1.32. The van der Waals surface area contributed by atoms with Gasteiger partial charge >= 0.3 is 5.97 Å². The fraction of sp³-hybridized carbons (Fsp3) is 0.0833. The predicted molar refractivity (Wildman–Crippen MR) is 59.1 cm³/mol. The van der Waals surface area contributed by atoms with Gasteiger partial charge in [-0.1, -0.05) is 30.3 Å². The molecule has 0 aliphatic heterocycles. The lowest BCUT2D eigenvalue weighted by Gasteiger charge is -2.09. The number of hydrogen-bond donors (Lipinski definition) is 1. The Kier molecular flexibility index (Phi) is 3.42. The number of esters is 1. The maximum absolute atomic E-state index is 11.6. The molecule has 1 heterocycles. The molecule has 0 saturated heterocycles. The van der Waals surface area contributed by atoms with Gasteiger partial charge in [-0.25, -0.2) is 9.78 Å². The van der Waals surface area contributed by atoms with Crippen molar-refractivity contribution in [2.75, 3.05) is 0 Å². The van der Waals surface area contributed by atoms with E-state index in [0.717, 1.165) is 0 Å². The van der Waals surface area contributed by atoms with Gasteiger partial charge in [0.25, 0.3) is 0 Å². The lowest BCUT2D eigenvalue weighted by molar-refractivity contribution is -0.144. The number of hydrogen-bond acceptors (Lipinski definition) is 5. The fourth-order valence-corrected chi connectivity index (χ4v) is 1.27. The van der Waals surface area contributed by atoms with E-state index in [1.165, 1.54) is 18.6 Å². The van der Waals surface area contributed by atoms with Crippen molar-refractivity contribution in [3.8, 4) is 5.88 Å². The fourth-order valence-electron chi connectivity index (χ4n) is 1.27. The molecule has 0 aliphatic rings. The normalized spacial score (nSPS) is 11.8. The van der Waals surface area contributed by atoms with E-state index in [4.69, 9.17) is 4.74 Å². The number of benzene rings is 1. The summed E-state index contributed by atoms with van der Waals surface area (Å²) in [6.07, 6.45) is 2.84. The number of aromatic nitrogens is 2. The van der Waals surface area contributed by atoms with Crippen LogP contribution in [0.5, 0.6) is 5.88 Å². The number of aliphatic hydroxyl groups is 1. The van der Waals surface area contributed by atoms with Gasteiger partial charge in [-0.2, -0.15) is 0 Å². The lowest BCUT2D eigenvalue weighted by Crippen LogP contribution is -2.18. The number of carbonyl (C=O) groups excluding carboxylic acids is 1. The highest BCUT2D eigenvalue weighted by molar-refractivity contribution is 5.78. The zero-order valence-electron chi connectivity index (χ0n) is 8.85. The molecule has 5 nitrogen and oxygen atoms in total. The van der Waals surface area contributed by atoms with Gasteiger partial charge in [-0.05, 0) is 5.56 Å². The van der Waals surface area contributed by atoms with E-state index in [0.29, 0.717) is 5.56 Å². The van der Waals surface area contributed by atoms with Crippen molar-refractivity contribution in [2.24, 2.45) is 0 Å². The molecule has 1 aromatic carbocycles. The van der Waals surface area contributed by atoms with Crippen LogP contribution in [-0.4, -0.2) is 21.0 Å². The van der Waals surface area contributed by atoms with E-state index in [9.17, 15) is 9.90 Å². The molecule has 1 atom stereocenters. The molecule has 0 amide bonds. The van der Waals surface area contributed by atoms with Crippen LogP contribution in [-0.2, 0) is 4.79 Å². The van der Waals surface area contributed by atoms with Crippen LogP contribution < -0.4 is 4.74 Å². The SMILES string of the molecule is O=C(Oc1cnccn1)[C@H](O)c1ccccc1. The first-order chi connectivity index (χ1) is 8.27. The monoisotopic (exact) mass is 230 g/mol. The highest BCUT2D eigenvalue weighted by atomic mass is 16.6. The summed E-state index contributed by atoms with van der Waals surface area (Å²) in [6.45, 7) is 0. The molecule has 0 saturated carbocycles. The molecule has 0 radical (unpaired) electrons. The second-order valence-electron chi connectivity index (χ2n) is 3.28. The van der Waals surface area contributed by atoms with Crippen LogP contribution in [0, 0.1) is 0 Å². The van der Waals surface area contributed by atoms with Gasteiger partial charge in [0.1, 0.15) is 0 Å². The van der Waals surface area contributed by atoms with Crippen molar-refractivity contribution in [1.82, 2.24) is 9.97 Å². The van der Waals surface area contributed by atoms with E-state index in [1.54, 1.807) is 30.3 Å². The summed E-state index contributed by atoms with van der Waals surface area (Å²) in [6, 6.07) is 8.54. The zero-order valence-corrected chi connectivity index (χ0v) is 8.85. The zero-order chi connectivity index (χ0) is 12.1. The van der Waals surface area contributed by atoms with Crippen LogP contribution in [0.4, 0.5) is 0 Å². The van der Waals surface area contributed by atoms with Crippen molar-refractivity contribution in [3.05, 3.63) is 54.5 Å². The van der Waals surface area contributed by atoms with Gasteiger partial charge in [-0.15, -0.1) is 0 Å². The van der Waals surface area contributed by atoms with Gasteiger partial charge in [-0.3, -0.25) is 4.98 Å². The third-order valence-corrected chi connectivity index (χ3v) is 2.08. The lowest BCUT2D eigenvalue weighted by atomic mass is 10.1. The number of ether oxygens (including phenoxy) is 1. The minimum Gasteiger partial charge on any atom is -0.404 e. The van der Waals surface area contributed by atoms with Gasteiger partial charge < -0.3 is 9.84 Å². The standard InChI is InChI=1S/C12H10N2O3/c15-11(9-4-2-1-3-5-9)12(16)17-10-8-13-6-7-14-10/h1-8,11,15H/t11-/m1/s1. The Balaban J connectivity index is 2.06. The molecular formula is C12H10N2O3. The Bertz CT molecular complexity index is 488. The molecule has 0 bridgehead atoms. The van der Waals surface area contributed by atoms with Gasteiger partial charge in [0, 0.05) is 12.4 Å². The van der Waals surface area contributed by atoms with Crippen molar-refractivity contribution in [1.29, 1.82) is 0 Å². The quantitative estimate of drug-likeness (QED) is 0.800. The molecule has 0 unspecified atom stereocenters. The van der Waals surface area contributed by atoms with E-state index in [1.807, 2.05) is 0 Å². The molecule has 86 valence electrons. The van der Waals surface area contributed by atoms with Crippen molar-refractivity contribution in [3.63, 3.8) is 0 Å². The van der Waals surface area contributed by atoms with Crippen molar-refractivity contribution in [2.45, 2.75) is 6.10 Å². The maximum Gasteiger partial charge on any atom is 0.346 e. The highest BCUT2D eigenvalue weighted by Crippen LogP contribution is 2.14. The van der Waals surface area contributed by atoms with Crippen LogP contribution in [0.25, 0.3) is 0 Å². The van der Waals surface area contributed by atoms with Crippen LogP contribution in [0.15, 0.2) is 48.9 Å². The molecule has 17 heavy (non-hydrogen) atoms. The summed E-state index contributed by atoms with van der Waals surface area (Å²) >= 11 is 0. The molecule has 0 aliphatic carbocycles. The van der Waals surface area contributed by atoms with Crippen molar-refractivity contribution < 1.29 is 14.6 Å².